The zero-order valence-corrected chi connectivity index (χ0v) is 16.2. The third-order valence-electron chi connectivity index (χ3n) is 3.94. The molecule has 0 fully saturated rings. The van der Waals surface area contributed by atoms with E-state index in [1.165, 1.54) is 12.1 Å². The standard InChI is InChI=1S/C18H18Cl2N2O4/c1-9-12(19)8-11(18(2,3)4)16(23)15(9)17(24)21-14-6-5-10(22(25)26)7-13(14)20/h5-8,23H,1-4H3,(H,21,24). The summed E-state index contributed by atoms with van der Waals surface area (Å²) in [6.07, 6.45) is 0. The van der Waals surface area contributed by atoms with Crippen LogP contribution in [-0.2, 0) is 5.41 Å². The fourth-order valence-corrected chi connectivity index (χ4v) is 2.91. The molecule has 0 bridgehead atoms. The molecule has 0 radical (unpaired) electrons. The molecule has 138 valence electrons. The second-order valence-electron chi connectivity index (χ2n) is 6.88. The number of anilines is 1. The maximum Gasteiger partial charge on any atom is 0.271 e. The molecule has 26 heavy (non-hydrogen) atoms. The van der Waals surface area contributed by atoms with E-state index in [0.717, 1.165) is 6.07 Å². The molecule has 2 N–H and O–H groups in total. The van der Waals surface area contributed by atoms with E-state index in [2.05, 4.69) is 5.32 Å². The first-order valence-corrected chi connectivity index (χ1v) is 8.47. The van der Waals surface area contributed by atoms with E-state index >= 15 is 0 Å². The number of non-ortho nitro benzene ring substituents is 1. The summed E-state index contributed by atoms with van der Waals surface area (Å²) in [5.41, 5.74) is 0.572. The monoisotopic (exact) mass is 396 g/mol. The highest BCUT2D eigenvalue weighted by atomic mass is 35.5. The van der Waals surface area contributed by atoms with Crippen LogP contribution in [0.3, 0.4) is 0 Å². The van der Waals surface area contributed by atoms with Crippen molar-refractivity contribution >= 4 is 40.5 Å². The zero-order chi connectivity index (χ0) is 19.8. The van der Waals surface area contributed by atoms with Crippen molar-refractivity contribution in [3.05, 3.63) is 61.1 Å². The minimum Gasteiger partial charge on any atom is -0.507 e. The number of carbonyl (C=O) groups excluding carboxylic acids is 1. The second-order valence-corrected chi connectivity index (χ2v) is 7.69. The molecular formula is C18H18Cl2N2O4. The van der Waals surface area contributed by atoms with Crippen molar-refractivity contribution in [2.24, 2.45) is 0 Å². The number of phenols is 1. The van der Waals surface area contributed by atoms with Crippen LogP contribution in [0, 0.1) is 17.0 Å². The van der Waals surface area contributed by atoms with E-state index in [4.69, 9.17) is 23.2 Å². The van der Waals surface area contributed by atoms with Crippen LogP contribution in [0.2, 0.25) is 10.0 Å². The Kier molecular flexibility index (Phi) is 5.49. The van der Waals surface area contributed by atoms with E-state index in [1.54, 1.807) is 13.0 Å². The zero-order valence-electron chi connectivity index (χ0n) is 14.7. The van der Waals surface area contributed by atoms with E-state index in [-0.39, 0.29) is 27.7 Å². The van der Waals surface area contributed by atoms with Crippen LogP contribution in [0.4, 0.5) is 11.4 Å². The first kappa shape index (κ1) is 20.0. The van der Waals surface area contributed by atoms with Crippen LogP contribution in [0.1, 0.15) is 42.3 Å². The molecular weight excluding hydrogens is 379 g/mol. The molecule has 0 unspecified atom stereocenters. The molecule has 2 rings (SSSR count). The quantitative estimate of drug-likeness (QED) is 0.531. The fraction of sp³-hybridized carbons (Fsp3) is 0.278. The summed E-state index contributed by atoms with van der Waals surface area (Å²) in [7, 11) is 0. The number of benzene rings is 2. The van der Waals surface area contributed by atoms with Gasteiger partial charge >= 0.3 is 0 Å². The number of hydrogen-bond donors (Lipinski definition) is 2. The highest BCUT2D eigenvalue weighted by Gasteiger charge is 2.26. The summed E-state index contributed by atoms with van der Waals surface area (Å²) < 4.78 is 0. The van der Waals surface area contributed by atoms with Crippen molar-refractivity contribution in [3.63, 3.8) is 0 Å². The van der Waals surface area contributed by atoms with Crippen molar-refractivity contribution in [3.8, 4) is 5.75 Å². The van der Waals surface area contributed by atoms with Crippen molar-refractivity contribution in [2.75, 3.05) is 5.32 Å². The topological polar surface area (TPSA) is 92.5 Å². The number of nitro groups is 1. The van der Waals surface area contributed by atoms with E-state index in [9.17, 15) is 20.0 Å². The molecule has 6 nitrogen and oxygen atoms in total. The number of amides is 1. The Labute approximate surface area is 160 Å². The molecule has 0 saturated heterocycles. The first-order valence-electron chi connectivity index (χ1n) is 7.71. The van der Waals surface area contributed by atoms with Crippen molar-refractivity contribution in [1.82, 2.24) is 0 Å². The summed E-state index contributed by atoms with van der Waals surface area (Å²) in [5.74, 6) is -0.765. The summed E-state index contributed by atoms with van der Waals surface area (Å²) in [5, 5.41) is 24.3. The second kappa shape index (κ2) is 7.13. The number of nitro benzene ring substituents is 1. The molecule has 8 heteroatoms. The van der Waals surface area contributed by atoms with Gasteiger partial charge in [0.2, 0.25) is 0 Å². The van der Waals surface area contributed by atoms with Gasteiger partial charge in [0.1, 0.15) is 5.75 Å². The number of halogens is 2. The smallest absolute Gasteiger partial charge is 0.271 e. The maximum absolute atomic E-state index is 12.7. The van der Waals surface area contributed by atoms with Gasteiger partial charge < -0.3 is 10.4 Å². The van der Waals surface area contributed by atoms with Gasteiger partial charge in [-0.1, -0.05) is 44.0 Å². The van der Waals surface area contributed by atoms with Crippen molar-refractivity contribution in [1.29, 1.82) is 0 Å². The minimum absolute atomic E-state index is 0.0164. The molecule has 0 aromatic heterocycles. The van der Waals surface area contributed by atoms with Crippen molar-refractivity contribution in [2.45, 2.75) is 33.1 Å². The number of aromatic hydroxyl groups is 1. The van der Waals surface area contributed by atoms with E-state index in [0.29, 0.717) is 16.1 Å². The average molecular weight is 397 g/mol. The van der Waals surface area contributed by atoms with Gasteiger partial charge in [0.25, 0.3) is 11.6 Å². The molecule has 2 aromatic carbocycles. The minimum atomic E-state index is -0.608. The Morgan fingerprint density at radius 1 is 1.19 bits per heavy atom. The third kappa shape index (κ3) is 3.92. The molecule has 0 atom stereocenters. The van der Waals surface area contributed by atoms with E-state index < -0.39 is 16.2 Å². The van der Waals surface area contributed by atoms with Crippen LogP contribution < -0.4 is 5.32 Å². The molecule has 0 aliphatic heterocycles. The lowest BCUT2D eigenvalue weighted by Gasteiger charge is -2.23. The normalized spacial score (nSPS) is 11.3. The predicted octanol–water partition coefficient (Wildman–Crippen LogP) is 5.47. The molecule has 0 aliphatic rings. The molecule has 0 spiro atoms. The Morgan fingerprint density at radius 2 is 1.81 bits per heavy atom. The van der Waals surface area contributed by atoms with Gasteiger partial charge in [-0.25, -0.2) is 0 Å². The van der Waals surface area contributed by atoms with Gasteiger partial charge in [-0.3, -0.25) is 14.9 Å². The lowest BCUT2D eigenvalue weighted by molar-refractivity contribution is -0.384. The summed E-state index contributed by atoms with van der Waals surface area (Å²) in [6.45, 7) is 7.30. The van der Waals surface area contributed by atoms with Gasteiger partial charge in [-0.2, -0.15) is 0 Å². The van der Waals surface area contributed by atoms with Gasteiger partial charge in [0, 0.05) is 22.7 Å². The highest BCUT2D eigenvalue weighted by molar-refractivity contribution is 6.34. The lowest BCUT2D eigenvalue weighted by Crippen LogP contribution is -2.18. The van der Waals surface area contributed by atoms with E-state index in [1.807, 2.05) is 20.8 Å². The summed E-state index contributed by atoms with van der Waals surface area (Å²) in [6, 6.07) is 5.34. The average Bonchev–Trinajstić information content (AvgIpc) is 2.51. The number of hydrogen-bond acceptors (Lipinski definition) is 4. The third-order valence-corrected chi connectivity index (χ3v) is 4.65. The van der Waals surface area contributed by atoms with Crippen LogP contribution >= 0.6 is 23.2 Å². The maximum atomic E-state index is 12.7. The number of nitrogens with zero attached hydrogens (tertiary/aromatic N) is 1. The number of rotatable bonds is 3. The predicted molar refractivity (Wildman–Crippen MR) is 103 cm³/mol. The Balaban J connectivity index is 2.48. The van der Waals surface area contributed by atoms with Gasteiger partial charge in [0.05, 0.1) is 21.2 Å². The SMILES string of the molecule is Cc1c(Cl)cc(C(C)(C)C)c(O)c1C(=O)Nc1ccc([N+](=O)[O-])cc1Cl. The fourth-order valence-electron chi connectivity index (χ4n) is 2.49. The van der Waals surface area contributed by atoms with Crippen LogP contribution in [0.15, 0.2) is 24.3 Å². The molecule has 0 aliphatic carbocycles. The van der Waals surface area contributed by atoms with Gasteiger partial charge in [0.15, 0.2) is 0 Å². The molecule has 0 saturated carbocycles. The van der Waals surface area contributed by atoms with Gasteiger partial charge in [-0.05, 0) is 30.0 Å². The Hall–Kier alpha value is -2.31. The Bertz CT molecular complexity index is 905. The largest absolute Gasteiger partial charge is 0.507 e. The van der Waals surface area contributed by atoms with Gasteiger partial charge in [-0.15, -0.1) is 0 Å². The molecule has 1 amide bonds. The first-order chi connectivity index (χ1) is 11.9. The van der Waals surface area contributed by atoms with Crippen LogP contribution in [0.5, 0.6) is 5.75 Å². The van der Waals surface area contributed by atoms with Crippen LogP contribution in [-0.4, -0.2) is 15.9 Å². The van der Waals surface area contributed by atoms with Crippen molar-refractivity contribution < 1.29 is 14.8 Å². The highest BCUT2D eigenvalue weighted by Crippen LogP contribution is 2.39. The number of phenolic OH excluding ortho intramolecular Hbond substituents is 1. The number of nitrogens with one attached hydrogen (secondary N) is 1. The summed E-state index contributed by atoms with van der Waals surface area (Å²) >= 11 is 12.3. The van der Waals surface area contributed by atoms with Crippen LogP contribution in [0.25, 0.3) is 0 Å². The lowest BCUT2D eigenvalue weighted by atomic mass is 9.84. The Morgan fingerprint density at radius 3 is 2.31 bits per heavy atom. The number of carbonyl (C=O) groups is 1. The summed E-state index contributed by atoms with van der Waals surface area (Å²) in [4.78, 5) is 22.9. The molecule has 0 heterocycles. The molecule has 2 aromatic rings.